The van der Waals surface area contributed by atoms with Crippen molar-refractivity contribution in [2.24, 2.45) is 5.92 Å². The van der Waals surface area contributed by atoms with Gasteiger partial charge < -0.3 is 28.8 Å². The van der Waals surface area contributed by atoms with Gasteiger partial charge in [0.05, 0.1) is 13.7 Å². The van der Waals surface area contributed by atoms with Crippen molar-refractivity contribution in [2.75, 3.05) is 46.6 Å². The van der Waals surface area contributed by atoms with Crippen LogP contribution in [0.15, 0.2) is 77.1 Å². The van der Waals surface area contributed by atoms with E-state index in [2.05, 4.69) is 41.1 Å². The monoisotopic (exact) mass is 580 g/mol. The summed E-state index contributed by atoms with van der Waals surface area (Å²) in [5.74, 6) is 3.69. The number of fused-ring (bicyclic) bond motifs is 2. The smallest absolute Gasteiger partial charge is 0.251 e. The molecule has 6 rings (SSSR count). The second-order valence-electron chi connectivity index (χ2n) is 11.5. The van der Waals surface area contributed by atoms with Gasteiger partial charge in [-0.25, -0.2) is 0 Å². The second kappa shape index (κ2) is 13.0. The number of hydrogen-bond donors (Lipinski definition) is 1. The van der Waals surface area contributed by atoms with Gasteiger partial charge in [0.15, 0.2) is 11.5 Å². The van der Waals surface area contributed by atoms with Crippen LogP contribution in [-0.2, 0) is 6.42 Å². The summed E-state index contributed by atoms with van der Waals surface area (Å²) in [6.07, 6.45) is 2.67. The van der Waals surface area contributed by atoms with E-state index in [4.69, 9.17) is 18.9 Å². The Morgan fingerprint density at radius 2 is 1.60 bits per heavy atom. The minimum atomic E-state index is -0.0100. The Bertz CT molecular complexity index is 1660. The summed E-state index contributed by atoms with van der Waals surface area (Å²) in [6.45, 7) is 9.05. The first-order valence-corrected chi connectivity index (χ1v) is 15.3. The summed E-state index contributed by atoms with van der Waals surface area (Å²) in [4.78, 5) is 18.0. The summed E-state index contributed by atoms with van der Waals surface area (Å²) in [7, 11) is 1.67. The lowest BCUT2D eigenvalue weighted by molar-refractivity contribution is 0.171. The third-order valence-electron chi connectivity index (χ3n) is 8.40. The zero-order valence-electron chi connectivity index (χ0n) is 25.3. The van der Waals surface area contributed by atoms with Gasteiger partial charge in [0.1, 0.15) is 24.7 Å². The molecule has 1 fully saturated rings. The number of pyridine rings is 1. The zero-order valence-corrected chi connectivity index (χ0v) is 25.3. The van der Waals surface area contributed by atoms with Crippen LogP contribution in [0.3, 0.4) is 0 Å². The second-order valence-corrected chi connectivity index (χ2v) is 11.5. The first kappa shape index (κ1) is 28.9. The average molecular weight is 581 g/mol. The summed E-state index contributed by atoms with van der Waals surface area (Å²) in [6, 6.07) is 22.5. The maximum Gasteiger partial charge on any atom is 0.251 e. The molecule has 3 aromatic carbocycles. The molecule has 224 valence electrons. The van der Waals surface area contributed by atoms with Gasteiger partial charge in [0.2, 0.25) is 0 Å². The number of rotatable bonds is 9. The topological polar surface area (TPSA) is 73.0 Å². The number of aromatic amines is 1. The van der Waals surface area contributed by atoms with Crippen LogP contribution in [0.2, 0.25) is 0 Å². The molecule has 1 aromatic heterocycles. The number of nitrogens with one attached hydrogen (secondary N) is 1. The summed E-state index contributed by atoms with van der Waals surface area (Å²) >= 11 is 0. The maximum atomic E-state index is 12.4. The number of piperidine rings is 1. The molecule has 0 amide bonds. The molecule has 7 nitrogen and oxygen atoms in total. The molecule has 1 saturated heterocycles. The number of likely N-dealkylation sites (tertiary alicyclic amines) is 1. The Labute approximate surface area is 253 Å². The molecule has 0 saturated carbocycles. The van der Waals surface area contributed by atoms with Crippen LogP contribution in [0.25, 0.3) is 16.5 Å². The maximum absolute atomic E-state index is 12.4. The van der Waals surface area contributed by atoms with Gasteiger partial charge in [-0.05, 0) is 95.9 Å². The molecule has 7 heteroatoms. The third-order valence-corrected chi connectivity index (χ3v) is 8.40. The first-order valence-electron chi connectivity index (χ1n) is 15.3. The highest BCUT2D eigenvalue weighted by Crippen LogP contribution is 2.39. The van der Waals surface area contributed by atoms with Gasteiger partial charge in [-0.1, -0.05) is 31.6 Å². The lowest BCUT2D eigenvalue weighted by Crippen LogP contribution is -2.36. The standard InChI is InChI=1S/C36H40N2O5/c1-4-25-19-29-20-27(5-11-32(29)37-36(25)39)35(28-6-12-33-34(21-28)42-18-17-41-33)26-13-15-38(16-14-26)22-24(2)23-43-31-9-7-30(40-3)8-10-31/h5-12,19-21,24H,4,13-18,22-23H2,1-3H3,(H,37,39). The minimum Gasteiger partial charge on any atom is -0.497 e. The van der Waals surface area contributed by atoms with Crippen molar-refractivity contribution in [3.05, 3.63) is 99.3 Å². The minimum absolute atomic E-state index is 0.0100. The number of nitrogens with zero attached hydrogens (tertiary/aromatic N) is 1. The van der Waals surface area contributed by atoms with E-state index in [1.54, 1.807) is 7.11 Å². The SMILES string of the molecule is CCc1cc2cc(C(=C3CCN(CC(C)COc4ccc(OC)cc4)CC3)c3ccc4c(c3)OCCO4)ccc2[nH]c1=O. The van der Waals surface area contributed by atoms with E-state index in [9.17, 15) is 4.79 Å². The number of H-pyrrole nitrogens is 1. The predicted octanol–water partition coefficient (Wildman–Crippen LogP) is 6.48. The Hall–Kier alpha value is -4.23. The van der Waals surface area contributed by atoms with Crippen molar-refractivity contribution < 1.29 is 18.9 Å². The highest BCUT2D eigenvalue weighted by Gasteiger charge is 2.22. The molecular weight excluding hydrogens is 540 g/mol. The Morgan fingerprint density at radius 1 is 0.907 bits per heavy atom. The molecule has 0 bridgehead atoms. The van der Waals surface area contributed by atoms with Crippen LogP contribution in [0.1, 0.15) is 43.4 Å². The summed E-state index contributed by atoms with van der Waals surface area (Å²) in [5.41, 5.74) is 6.63. The largest absolute Gasteiger partial charge is 0.497 e. The molecule has 43 heavy (non-hydrogen) atoms. The molecule has 4 aromatic rings. The molecule has 1 atom stereocenters. The van der Waals surface area contributed by atoms with E-state index in [1.165, 1.54) is 11.1 Å². The van der Waals surface area contributed by atoms with E-state index in [1.807, 2.05) is 49.4 Å². The first-order chi connectivity index (χ1) is 21.0. The van der Waals surface area contributed by atoms with E-state index < -0.39 is 0 Å². The number of hydrogen-bond acceptors (Lipinski definition) is 6. The molecule has 0 aliphatic carbocycles. The van der Waals surface area contributed by atoms with Crippen LogP contribution in [0.4, 0.5) is 0 Å². The van der Waals surface area contributed by atoms with Crippen molar-refractivity contribution in [1.29, 1.82) is 0 Å². The third kappa shape index (κ3) is 6.57. The van der Waals surface area contributed by atoms with Crippen molar-refractivity contribution in [3.63, 3.8) is 0 Å². The number of aryl methyl sites for hydroxylation is 1. The molecule has 1 unspecified atom stereocenters. The van der Waals surface area contributed by atoms with Gasteiger partial charge in [0, 0.05) is 36.6 Å². The van der Waals surface area contributed by atoms with Crippen LogP contribution in [0.5, 0.6) is 23.0 Å². The summed E-state index contributed by atoms with van der Waals surface area (Å²) in [5, 5.41) is 1.05. The molecule has 0 radical (unpaired) electrons. The summed E-state index contributed by atoms with van der Waals surface area (Å²) < 4.78 is 23.1. The van der Waals surface area contributed by atoms with Gasteiger partial charge >= 0.3 is 0 Å². The predicted molar refractivity (Wildman–Crippen MR) is 171 cm³/mol. The fourth-order valence-corrected chi connectivity index (χ4v) is 6.10. The van der Waals surface area contributed by atoms with Gasteiger partial charge in [-0.3, -0.25) is 4.79 Å². The Morgan fingerprint density at radius 3 is 2.35 bits per heavy atom. The average Bonchev–Trinajstić information content (AvgIpc) is 3.04. The fraction of sp³-hybridized carbons (Fsp3) is 0.361. The Balaban J connectivity index is 1.23. The van der Waals surface area contributed by atoms with Crippen LogP contribution in [-0.4, -0.2) is 56.4 Å². The van der Waals surface area contributed by atoms with Gasteiger partial charge in [0.25, 0.3) is 5.56 Å². The van der Waals surface area contributed by atoms with E-state index >= 15 is 0 Å². The van der Waals surface area contributed by atoms with Crippen molar-refractivity contribution >= 4 is 16.5 Å². The van der Waals surface area contributed by atoms with Crippen LogP contribution < -0.4 is 24.5 Å². The van der Waals surface area contributed by atoms with Crippen LogP contribution in [0, 0.1) is 5.92 Å². The highest BCUT2D eigenvalue weighted by molar-refractivity contribution is 5.89. The van der Waals surface area contributed by atoms with Gasteiger partial charge in [-0.15, -0.1) is 0 Å². The number of benzene rings is 3. The number of aromatic nitrogens is 1. The number of ether oxygens (including phenoxy) is 4. The molecule has 2 aliphatic heterocycles. The normalized spacial score (nSPS) is 15.7. The van der Waals surface area contributed by atoms with E-state index in [0.717, 1.165) is 83.1 Å². The lowest BCUT2D eigenvalue weighted by atomic mass is 9.87. The fourth-order valence-electron chi connectivity index (χ4n) is 6.10. The van der Waals surface area contributed by atoms with Crippen molar-refractivity contribution in [1.82, 2.24) is 9.88 Å². The zero-order chi connectivity index (χ0) is 29.8. The van der Waals surface area contributed by atoms with Gasteiger partial charge in [-0.2, -0.15) is 0 Å². The van der Waals surface area contributed by atoms with E-state index in [0.29, 0.717) is 32.2 Å². The molecule has 1 N–H and O–H groups in total. The van der Waals surface area contributed by atoms with Crippen molar-refractivity contribution in [2.45, 2.75) is 33.1 Å². The van der Waals surface area contributed by atoms with Crippen LogP contribution >= 0.6 is 0 Å². The number of methoxy groups -OCH3 is 1. The molecule has 0 spiro atoms. The Kier molecular flexibility index (Phi) is 8.70. The van der Waals surface area contributed by atoms with E-state index in [-0.39, 0.29) is 5.56 Å². The molecular formula is C36H40N2O5. The quantitative estimate of drug-likeness (QED) is 0.244. The van der Waals surface area contributed by atoms with Crippen molar-refractivity contribution in [3.8, 4) is 23.0 Å². The molecule has 3 heterocycles. The lowest BCUT2D eigenvalue weighted by Gasteiger charge is -2.32. The highest BCUT2D eigenvalue weighted by atomic mass is 16.6. The molecule has 2 aliphatic rings.